The zero-order chi connectivity index (χ0) is 13.8. The van der Waals surface area contributed by atoms with Gasteiger partial charge >= 0.3 is 5.97 Å². The molecule has 2 rings (SSSR count). The fourth-order valence-electron chi connectivity index (χ4n) is 1.65. The highest BCUT2D eigenvalue weighted by Gasteiger charge is 2.11. The average molecular weight is 328 g/mol. The van der Waals surface area contributed by atoms with Gasteiger partial charge in [-0.2, -0.15) is 0 Å². The minimum absolute atomic E-state index is 0.0796. The van der Waals surface area contributed by atoms with E-state index < -0.39 is 11.8 Å². The van der Waals surface area contributed by atoms with Crippen LogP contribution >= 0.6 is 15.9 Å². The van der Waals surface area contributed by atoms with Crippen LogP contribution < -0.4 is 0 Å². The van der Waals surface area contributed by atoms with Crippen molar-refractivity contribution in [2.75, 3.05) is 0 Å². The van der Waals surface area contributed by atoms with Crippen LogP contribution in [-0.4, -0.2) is 26.1 Å². The highest BCUT2D eigenvalue weighted by atomic mass is 79.9. The maximum atomic E-state index is 13.7. The van der Waals surface area contributed by atoms with Crippen LogP contribution in [0.4, 0.5) is 4.39 Å². The van der Waals surface area contributed by atoms with Crippen molar-refractivity contribution < 1.29 is 14.3 Å². The first-order chi connectivity index (χ1) is 9.08. The number of para-hydroxylation sites is 1. The van der Waals surface area contributed by atoms with Gasteiger partial charge in [0.25, 0.3) is 0 Å². The first-order valence-corrected chi connectivity index (χ1v) is 6.44. The lowest BCUT2D eigenvalue weighted by molar-refractivity contribution is -0.137. The normalized spacial score (nSPS) is 10.6. The van der Waals surface area contributed by atoms with E-state index in [4.69, 9.17) is 5.11 Å². The molecule has 100 valence electrons. The van der Waals surface area contributed by atoms with E-state index in [0.717, 1.165) is 0 Å². The molecule has 0 spiro atoms. The number of aryl methyl sites for hydroxylation is 1. The summed E-state index contributed by atoms with van der Waals surface area (Å²) in [4.78, 5) is 10.4. The standard InChI is InChI=1S/C12H11BrFN3O2/c13-9-4-2-5-10(14)12(9)17-7-8(15-16-17)3-1-6-11(18)19/h2,4-5,7H,1,3,6H2,(H,18,19). The van der Waals surface area contributed by atoms with E-state index in [1.807, 2.05) is 0 Å². The molecule has 1 N–H and O–H groups in total. The third-order valence-corrected chi connectivity index (χ3v) is 3.17. The fourth-order valence-corrected chi connectivity index (χ4v) is 2.17. The molecule has 1 heterocycles. The lowest BCUT2D eigenvalue weighted by atomic mass is 10.2. The Balaban J connectivity index is 2.15. The monoisotopic (exact) mass is 327 g/mol. The molecule has 0 unspecified atom stereocenters. The van der Waals surface area contributed by atoms with Gasteiger partial charge in [-0.1, -0.05) is 11.3 Å². The van der Waals surface area contributed by atoms with Crippen molar-refractivity contribution in [3.63, 3.8) is 0 Å². The van der Waals surface area contributed by atoms with Gasteiger partial charge < -0.3 is 5.11 Å². The van der Waals surface area contributed by atoms with Gasteiger partial charge in [-0.25, -0.2) is 9.07 Å². The molecular formula is C12H11BrFN3O2. The first kappa shape index (κ1) is 13.7. The van der Waals surface area contributed by atoms with Crippen molar-refractivity contribution in [2.24, 2.45) is 0 Å². The summed E-state index contributed by atoms with van der Waals surface area (Å²) in [6.45, 7) is 0. The number of rotatable bonds is 5. The second-order valence-electron chi connectivity index (χ2n) is 3.97. The molecule has 0 radical (unpaired) electrons. The molecular weight excluding hydrogens is 317 g/mol. The highest BCUT2D eigenvalue weighted by Crippen LogP contribution is 2.23. The van der Waals surface area contributed by atoms with E-state index in [-0.39, 0.29) is 6.42 Å². The highest BCUT2D eigenvalue weighted by molar-refractivity contribution is 9.10. The van der Waals surface area contributed by atoms with Crippen LogP contribution in [0.15, 0.2) is 28.9 Å². The minimum atomic E-state index is -0.843. The van der Waals surface area contributed by atoms with Gasteiger partial charge in [-0.15, -0.1) is 5.10 Å². The smallest absolute Gasteiger partial charge is 0.303 e. The molecule has 0 amide bonds. The van der Waals surface area contributed by atoms with E-state index in [2.05, 4.69) is 26.2 Å². The first-order valence-electron chi connectivity index (χ1n) is 5.65. The predicted molar refractivity (Wildman–Crippen MR) is 69.6 cm³/mol. The molecule has 0 aliphatic carbocycles. The maximum absolute atomic E-state index is 13.7. The van der Waals surface area contributed by atoms with Crippen LogP contribution in [0.3, 0.4) is 0 Å². The molecule has 19 heavy (non-hydrogen) atoms. The van der Waals surface area contributed by atoms with Crippen LogP contribution in [0.2, 0.25) is 0 Å². The topological polar surface area (TPSA) is 68.0 Å². The summed E-state index contributed by atoms with van der Waals surface area (Å²) in [7, 11) is 0. The summed E-state index contributed by atoms with van der Waals surface area (Å²) >= 11 is 3.26. The van der Waals surface area contributed by atoms with Crippen LogP contribution in [0.25, 0.3) is 5.69 Å². The lowest BCUT2D eigenvalue weighted by Gasteiger charge is -2.03. The Morgan fingerprint density at radius 1 is 1.47 bits per heavy atom. The molecule has 0 atom stereocenters. The summed E-state index contributed by atoms with van der Waals surface area (Å²) in [6, 6.07) is 4.64. The third-order valence-electron chi connectivity index (χ3n) is 2.53. The molecule has 0 aliphatic heterocycles. The number of hydrogen-bond donors (Lipinski definition) is 1. The van der Waals surface area contributed by atoms with E-state index in [0.29, 0.717) is 28.7 Å². The molecule has 2 aromatic rings. The average Bonchev–Trinajstić information content (AvgIpc) is 2.77. The summed E-state index contributed by atoms with van der Waals surface area (Å²) in [5, 5.41) is 16.3. The fraction of sp³-hybridized carbons (Fsp3) is 0.250. The number of carboxylic acids is 1. The van der Waals surface area contributed by atoms with Gasteiger partial charge in [0.15, 0.2) is 0 Å². The Labute approximate surface area is 117 Å². The second kappa shape index (κ2) is 5.92. The Kier molecular flexibility index (Phi) is 4.26. The van der Waals surface area contributed by atoms with Crippen molar-refractivity contribution in [3.8, 4) is 5.69 Å². The Bertz CT molecular complexity index is 580. The molecule has 1 aromatic carbocycles. The molecule has 7 heteroatoms. The minimum Gasteiger partial charge on any atom is -0.481 e. The molecule has 0 bridgehead atoms. The number of aromatic nitrogens is 3. The van der Waals surface area contributed by atoms with Gasteiger partial charge in [0.05, 0.1) is 11.9 Å². The van der Waals surface area contributed by atoms with Crippen molar-refractivity contribution >= 4 is 21.9 Å². The van der Waals surface area contributed by atoms with Crippen molar-refractivity contribution in [1.82, 2.24) is 15.0 Å². The van der Waals surface area contributed by atoms with Gasteiger partial charge in [0, 0.05) is 10.9 Å². The van der Waals surface area contributed by atoms with Gasteiger partial charge in [0.1, 0.15) is 11.5 Å². The molecule has 1 aromatic heterocycles. The van der Waals surface area contributed by atoms with Gasteiger partial charge in [-0.3, -0.25) is 4.79 Å². The van der Waals surface area contributed by atoms with Gasteiger partial charge in [0.2, 0.25) is 0 Å². The number of aliphatic carboxylic acids is 1. The zero-order valence-electron chi connectivity index (χ0n) is 9.88. The largest absolute Gasteiger partial charge is 0.481 e. The van der Waals surface area contributed by atoms with Crippen LogP contribution in [-0.2, 0) is 11.2 Å². The molecule has 0 aliphatic rings. The number of halogens is 2. The van der Waals surface area contributed by atoms with E-state index >= 15 is 0 Å². The number of hydrogen-bond acceptors (Lipinski definition) is 3. The number of carboxylic acid groups (broad SMARTS) is 1. The Hall–Kier alpha value is -1.76. The maximum Gasteiger partial charge on any atom is 0.303 e. The SMILES string of the molecule is O=C(O)CCCc1cn(-c2c(F)cccc2Br)nn1. The quantitative estimate of drug-likeness (QED) is 0.916. The molecule has 0 fully saturated rings. The second-order valence-corrected chi connectivity index (χ2v) is 4.83. The lowest BCUT2D eigenvalue weighted by Crippen LogP contribution is -1.99. The molecule has 0 saturated heterocycles. The van der Waals surface area contributed by atoms with E-state index in [1.165, 1.54) is 10.7 Å². The van der Waals surface area contributed by atoms with Crippen molar-refractivity contribution in [2.45, 2.75) is 19.3 Å². The number of nitrogens with zero attached hydrogens (tertiary/aromatic N) is 3. The predicted octanol–water partition coefficient (Wildman–Crippen LogP) is 2.58. The third kappa shape index (κ3) is 3.37. The summed E-state index contributed by atoms with van der Waals surface area (Å²) in [5.74, 6) is -1.25. The van der Waals surface area contributed by atoms with E-state index in [1.54, 1.807) is 18.3 Å². The van der Waals surface area contributed by atoms with Crippen molar-refractivity contribution in [1.29, 1.82) is 0 Å². The zero-order valence-corrected chi connectivity index (χ0v) is 11.5. The number of carbonyl (C=O) groups is 1. The Morgan fingerprint density at radius 3 is 2.95 bits per heavy atom. The molecule has 5 nitrogen and oxygen atoms in total. The van der Waals surface area contributed by atoms with Crippen LogP contribution in [0.5, 0.6) is 0 Å². The van der Waals surface area contributed by atoms with Crippen molar-refractivity contribution in [3.05, 3.63) is 40.4 Å². The van der Waals surface area contributed by atoms with E-state index in [9.17, 15) is 9.18 Å². The summed E-state index contributed by atoms with van der Waals surface area (Å²) < 4.78 is 15.6. The van der Waals surface area contributed by atoms with Gasteiger partial charge in [-0.05, 0) is 40.9 Å². The summed E-state index contributed by atoms with van der Waals surface area (Å²) in [6.07, 6.45) is 2.66. The number of benzene rings is 1. The summed E-state index contributed by atoms with van der Waals surface area (Å²) in [5.41, 5.74) is 0.927. The van der Waals surface area contributed by atoms with Crippen LogP contribution in [0, 0.1) is 5.82 Å². The molecule has 0 saturated carbocycles. The van der Waals surface area contributed by atoms with Crippen LogP contribution in [0.1, 0.15) is 18.5 Å². The Morgan fingerprint density at radius 2 is 2.26 bits per heavy atom.